The largest absolute Gasteiger partial charge is 0.481 e. The van der Waals surface area contributed by atoms with Gasteiger partial charge >= 0.3 is 5.97 Å². The van der Waals surface area contributed by atoms with Crippen LogP contribution in [0.4, 0.5) is 4.39 Å². The first-order valence-corrected chi connectivity index (χ1v) is 4.53. The molecule has 0 saturated heterocycles. The molecule has 0 aromatic heterocycles. The van der Waals surface area contributed by atoms with Crippen molar-refractivity contribution in [2.24, 2.45) is 5.41 Å². The number of carboxylic acid groups (broad SMARTS) is 1. The van der Waals surface area contributed by atoms with Gasteiger partial charge in [-0.1, -0.05) is 18.2 Å². The summed E-state index contributed by atoms with van der Waals surface area (Å²) in [5, 5.41) is 8.91. The summed E-state index contributed by atoms with van der Waals surface area (Å²) < 4.78 is 13.3. The van der Waals surface area contributed by atoms with Gasteiger partial charge in [0.05, 0.1) is 5.41 Å². The van der Waals surface area contributed by atoms with E-state index in [1.54, 1.807) is 25.1 Å². The summed E-state index contributed by atoms with van der Waals surface area (Å²) in [6.45, 7) is 1.66. The highest BCUT2D eigenvalue weighted by Gasteiger charge is 2.57. The van der Waals surface area contributed by atoms with E-state index in [9.17, 15) is 9.18 Å². The molecular formula is C11H11FO2. The fraction of sp³-hybridized carbons (Fsp3) is 0.364. The maximum absolute atomic E-state index is 13.3. The summed E-state index contributed by atoms with van der Waals surface area (Å²) in [7, 11) is 0. The van der Waals surface area contributed by atoms with Gasteiger partial charge in [-0.25, -0.2) is 4.39 Å². The van der Waals surface area contributed by atoms with Crippen molar-refractivity contribution in [2.45, 2.75) is 19.3 Å². The van der Waals surface area contributed by atoms with Crippen molar-refractivity contribution in [3.63, 3.8) is 0 Å². The molecule has 0 unspecified atom stereocenters. The van der Waals surface area contributed by atoms with Gasteiger partial charge in [-0.3, -0.25) is 4.79 Å². The lowest BCUT2D eigenvalue weighted by molar-refractivity contribution is -0.142. The minimum atomic E-state index is -0.842. The maximum atomic E-state index is 13.3. The van der Waals surface area contributed by atoms with Crippen LogP contribution in [-0.2, 0) is 4.79 Å². The average molecular weight is 194 g/mol. The molecule has 0 aliphatic heterocycles. The maximum Gasteiger partial charge on any atom is 0.309 e. The van der Waals surface area contributed by atoms with Crippen LogP contribution in [0.2, 0.25) is 0 Å². The topological polar surface area (TPSA) is 37.3 Å². The van der Waals surface area contributed by atoms with Crippen molar-refractivity contribution in [1.29, 1.82) is 0 Å². The molecule has 14 heavy (non-hydrogen) atoms. The Morgan fingerprint density at radius 3 is 2.71 bits per heavy atom. The third-order valence-electron chi connectivity index (χ3n) is 3.01. The van der Waals surface area contributed by atoms with E-state index in [1.165, 1.54) is 6.07 Å². The zero-order chi connectivity index (χ0) is 10.3. The van der Waals surface area contributed by atoms with Gasteiger partial charge in [0.25, 0.3) is 0 Å². The summed E-state index contributed by atoms with van der Waals surface area (Å²) in [5.41, 5.74) is -0.236. The van der Waals surface area contributed by atoms with Crippen LogP contribution in [-0.4, -0.2) is 11.1 Å². The molecule has 0 radical (unpaired) electrons. The molecule has 1 N–H and O–H groups in total. The third kappa shape index (κ3) is 1.20. The minimum absolute atomic E-state index is 0.166. The Bertz CT molecular complexity index is 389. The minimum Gasteiger partial charge on any atom is -0.481 e. The zero-order valence-electron chi connectivity index (χ0n) is 7.83. The number of hydrogen-bond donors (Lipinski definition) is 1. The predicted molar refractivity (Wildman–Crippen MR) is 49.5 cm³/mol. The molecule has 2 rings (SSSR count). The van der Waals surface area contributed by atoms with Crippen LogP contribution in [0.5, 0.6) is 0 Å². The normalized spacial score (nSPS) is 30.0. The second-order valence-corrected chi connectivity index (χ2v) is 4.00. The first-order valence-electron chi connectivity index (χ1n) is 4.53. The molecule has 3 heteroatoms. The van der Waals surface area contributed by atoms with E-state index in [0.717, 1.165) is 0 Å². The lowest BCUT2D eigenvalue weighted by Gasteiger charge is -2.05. The van der Waals surface area contributed by atoms with Crippen molar-refractivity contribution < 1.29 is 14.3 Å². The van der Waals surface area contributed by atoms with E-state index in [2.05, 4.69) is 0 Å². The quantitative estimate of drug-likeness (QED) is 0.784. The molecule has 1 saturated carbocycles. The molecule has 0 bridgehead atoms. The zero-order valence-corrected chi connectivity index (χ0v) is 7.83. The Kier molecular flexibility index (Phi) is 1.84. The second-order valence-electron chi connectivity index (χ2n) is 4.00. The van der Waals surface area contributed by atoms with Crippen molar-refractivity contribution in [3.8, 4) is 0 Å². The highest BCUT2D eigenvalue weighted by atomic mass is 19.1. The lowest BCUT2D eigenvalue weighted by atomic mass is 10.0. The van der Waals surface area contributed by atoms with Crippen molar-refractivity contribution in [3.05, 3.63) is 35.6 Å². The number of rotatable bonds is 2. The first kappa shape index (κ1) is 9.19. The summed E-state index contributed by atoms with van der Waals surface area (Å²) in [5.74, 6) is -1.31. The van der Waals surface area contributed by atoms with Crippen molar-refractivity contribution >= 4 is 5.97 Å². The summed E-state index contributed by atoms with van der Waals surface area (Å²) in [6.07, 6.45) is 0.531. The average Bonchev–Trinajstić information content (AvgIpc) is 2.80. The summed E-state index contributed by atoms with van der Waals surface area (Å²) >= 11 is 0. The second kappa shape index (κ2) is 2.80. The number of benzene rings is 1. The van der Waals surface area contributed by atoms with Crippen molar-refractivity contribution in [2.75, 3.05) is 0 Å². The van der Waals surface area contributed by atoms with E-state index in [-0.39, 0.29) is 11.7 Å². The van der Waals surface area contributed by atoms with Crippen LogP contribution in [0.3, 0.4) is 0 Å². The van der Waals surface area contributed by atoms with E-state index < -0.39 is 11.4 Å². The standard InChI is InChI=1S/C11H11FO2/c1-11(10(13)14)6-8(11)7-4-2-3-5-9(7)12/h2-5,8H,6H2,1H3,(H,13,14)/t8-,11+/m0/s1. The molecule has 1 aromatic rings. The Morgan fingerprint density at radius 2 is 2.21 bits per heavy atom. The molecule has 1 aliphatic rings. The first-order chi connectivity index (χ1) is 6.55. The fourth-order valence-corrected chi connectivity index (χ4v) is 1.81. The Labute approximate surface area is 81.4 Å². The smallest absolute Gasteiger partial charge is 0.309 e. The van der Waals surface area contributed by atoms with E-state index in [4.69, 9.17) is 5.11 Å². The van der Waals surface area contributed by atoms with Gasteiger partial charge in [-0.05, 0) is 25.0 Å². The molecule has 1 fully saturated rings. The SMILES string of the molecule is C[C@@]1(C(=O)O)C[C@H]1c1ccccc1F. The molecule has 0 amide bonds. The summed E-state index contributed by atoms with van der Waals surface area (Å²) in [4.78, 5) is 10.9. The van der Waals surface area contributed by atoms with Gasteiger partial charge in [0.2, 0.25) is 0 Å². The highest BCUT2D eigenvalue weighted by Crippen LogP contribution is 2.59. The van der Waals surface area contributed by atoms with Crippen LogP contribution in [0.15, 0.2) is 24.3 Å². The fourth-order valence-electron chi connectivity index (χ4n) is 1.81. The van der Waals surface area contributed by atoms with Gasteiger partial charge in [0, 0.05) is 5.92 Å². The van der Waals surface area contributed by atoms with Gasteiger partial charge in [0.1, 0.15) is 5.82 Å². The third-order valence-corrected chi connectivity index (χ3v) is 3.01. The Morgan fingerprint density at radius 1 is 1.57 bits per heavy atom. The van der Waals surface area contributed by atoms with Crippen molar-refractivity contribution in [1.82, 2.24) is 0 Å². The number of aliphatic carboxylic acids is 1. The molecule has 1 aliphatic carbocycles. The van der Waals surface area contributed by atoms with Crippen LogP contribution >= 0.6 is 0 Å². The summed E-state index contributed by atoms with van der Waals surface area (Å²) in [6, 6.07) is 6.38. The lowest BCUT2D eigenvalue weighted by Crippen LogP contribution is -2.12. The van der Waals surface area contributed by atoms with E-state index in [1.807, 2.05) is 0 Å². The molecule has 74 valence electrons. The molecule has 0 spiro atoms. The highest BCUT2D eigenvalue weighted by molar-refractivity contribution is 5.80. The van der Waals surface area contributed by atoms with E-state index >= 15 is 0 Å². The van der Waals surface area contributed by atoms with Crippen LogP contribution in [0.25, 0.3) is 0 Å². The number of carboxylic acids is 1. The molecule has 0 heterocycles. The van der Waals surface area contributed by atoms with Gasteiger partial charge in [-0.2, -0.15) is 0 Å². The Balaban J connectivity index is 2.29. The van der Waals surface area contributed by atoms with E-state index in [0.29, 0.717) is 12.0 Å². The number of halogens is 1. The van der Waals surface area contributed by atoms with Crippen LogP contribution in [0.1, 0.15) is 24.8 Å². The molecular weight excluding hydrogens is 183 g/mol. The van der Waals surface area contributed by atoms with Gasteiger partial charge in [-0.15, -0.1) is 0 Å². The molecule has 2 nitrogen and oxygen atoms in total. The van der Waals surface area contributed by atoms with Gasteiger partial charge in [0.15, 0.2) is 0 Å². The van der Waals surface area contributed by atoms with Gasteiger partial charge < -0.3 is 5.11 Å². The van der Waals surface area contributed by atoms with Crippen LogP contribution in [0, 0.1) is 11.2 Å². The molecule has 1 aromatic carbocycles. The number of carbonyl (C=O) groups is 1. The monoisotopic (exact) mass is 194 g/mol. The molecule has 2 atom stereocenters. The Hall–Kier alpha value is -1.38. The predicted octanol–water partition coefficient (Wildman–Crippen LogP) is 2.40. The number of hydrogen-bond acceptors (Lipinski definition) is 1. The van der Waals surface area contributed by atoms with Crippen LogP contribution < -0.4 is 0 Å².